The molecule has 1 saturated heterocycles. The standard InChI is InChI=1S/C21H25ClN4O2/c1-16(27)24-20(18-4-6-19(22)7-5-18)13-21(28)26-11-9-25(10-12-26)15-17-3-2-8-23-14-17/h2-8,14,20H,9-13,15H2,1H3,(H,24,27). The fourth-order valence-electron chi connectivity index (χ4n) is 3.40. The first-order valence-electron chi connectivity index (χ1n) is 9.43. The summed E-state index contributed by atoms with van der Waals surface area (Å²) in [5.41, 5.74) is 2.05. The molecule has 2 aromatic rings. The highest BCUT2D eigenvalue weighted by Crippen LogP contribution is 2.21. The van der Waals surface area contributed by atoms with Crippen LogP contribution in [-0.4, -0.2) is 52.8 Å². The maximum absolute atomic E-state index is 12.8. The molecule has 1 atom stereocenters. The first-order valence-corrected chi connectivity index (χ1v) is 9.80. The molecule has 0 bridgehead atoms. The molecule has 0 aliphatic carbocycles. The van der Waals surface area contributed by atoms with Crippen LogP contribution in [0.15, 0.2) is 48.8 Å². The van der Waals surface area contributed by atoms with E-state index in [1.54, 1.807) is 18.3 Å². The Morgan fingerprint density at radius 2 is 1.86 bits per heavy atom. The van der Waals surface area contributed by atoms with Gasteiger partial charge in [-0.3, -0.25) is 19.5 Å². The summed E-state index contributed by atoms with van der Waals surface area (Å²) in [5.74, 6) is -0.108. The van der Waals surface area contributed by atoms with Gasteiger partial charge in [-0.15, -0.1) is 0 Å². The lowest BCUT2D eigenvalue weighted by Gasteiger charge is -2.35. The minimum absolute atomic E-state index is 0.0507. The van der Waals surface area contributed by atoms with Gasteiger partial charge in [0.25, 0.3) is 0 Å². The largest absolute Gasteiger partial charge is 0.349 e. The van der Waals surface area contributed by atoms with Crippen molar-refractivity contribution in [3.8, 4) is 0 Å². The van der Waals surface area contributed by atoms with E-state index in [9.17, 15) is 9.59 Å². The Morgan fingerprint density at radius 1 is 1.14 bits per heavy atom. The summed E-state index contributed by atoms with van der Waals surface area (Å²) in [6.07, 6.45) is 3.89. The van der Waals surface area contributed by atoms with Gasteiger partial charge in [-0.25, -0.2) is 0 Å². The van der Waals surface area contributed by atoms with Crippen LogP contribution in [-0.2, 0) is 16.1 Å². The van der Waals surface area contributed by atoms with Crippen molar-refractivity contribution in [3.05, 3.63) is 64.9 Å². The van der Waals surface area contributed by atoms with Crippen LogP contribution in [0.4, 0.5) is 0 Å². The van der Waals surface area contributed by atoms with E-state index < -0.39 is 0 Å². The van der Waals surface area contributed by atoms with E-state index in [-0.39, 0.29) is 24.3 Å². The van der Waals surface area contributed by atoms with Crippen molar-refractivity contribution in [2.45, 2.75) is 25.9 Å². The van der Waals surface area contributed by atoms with E-state index in [2.05, 4.69) is 21.3 Å². The zero-order valence-corrected chi connectivity index (χ0v) is 16.7. The molecule has 1 N–H and O–H groups in total. The van der Waals surface area contributed by atoms with Crippen LogP contribution in [0.2, 0.25) is 5.02 Å². The fourth-order valence-corrected chi connectivity index (χ4v) is 3.53. The van der Waals surface area contributed by atoms with E-state index in [0.29, 0.717) is 18.1 Å². The van der Waals surface area contributed by atoms with Crippen molar-refractivity contribution in [3.63, 3.8) is 0 Å². The smallest absolute Gasteiger partial charge is 0.225 e. The van der Waals surface area contributed by atoms with Crippen molar-refractivity contribution in [2.24, 2.45) is 0 Å². The Labute approximate surface area is 170 Å². The van der Waals surface area contributed by atoms with E-state index in [0.717, 1.165) is 25.2 Å². The van der Waals surface area contributed by atoms with Gasteiger partial charge in [-0.2, -0.15) is 0 Å². The van der Waals surface area contributed by atoms with Gasteiger partial charge >= 0.3 is 0 Å². The molecule has 0 spiro atoms. The number of rotatable bonds is 6. The number of carbonyl (C=O) groups is 2. The number of halogens is 1. The van der Waals surface area contributed by atoms with Gasteiger partial charge < -0.3 is 10.2 Å². The number of piperazine rings is 1. The topological polar surface area (TPSA) is 65.5 Å². The third kappa shape index (κ3) is 5.78. The molecule has 7 heteroatoms. The lowest BCUT2D eigenvalue weighted by Crippen LogP contribution is -2.49. The van der Waals surface area contributed by atoms with Crippen molar-refractivity contribution >= 4 is 23.4 Å². The zero-order valence-electron chi connectivity index (χ0n) is 16.0. The van der Waals surface area contributed by atoms with E-state index >= 15 is 0 Å². The van der Waals surface area contributed by atoms with Gasteiger partial charge in [-0.1, -0.05) is 29.8 Å². The van der Waals surface area contributed by atoms with E-state index in [1.165, 1.54) is 12.5 Å². The summed E-state index contributed by atoms with van der Waals surface area (Å²) in [4.78, 5) is 32.8. The van der Waals surface area contributed by atoms with Crippen molar-refractivity contribution in [1.82, 2.24) is 20.1 Å². The minimum atomic E-state index is -0.351. The highest BCUT2D eigenvalue weighted by Gasteiger charge is 2.25. The molecule has 28 heavy (non-hydrogen) atoms. The number of hydrogen-bond acceptors (Lipinski definition) is 4. The summed E-state index contributed by atoms with van der Waals surface area (Å²) in [5, 5.41) is 3.51. The van der Waals surface area contributed by atoms with Crippen LogP contribution in [0.5, 0.6) is 0 Å². The third-order valence-electron chi connectivity index (χ3n) is 4.88. The molecule has 1 aromatic carbocycles. The van der Waals surface area contributed by atoms with Gasteiger partial charge in [0.15, 0.2) is 0 Å². The maximum atomic E-state index is 12.8. The van der Waals surface area contributed by atoms with Gasteiger partial charge in [0, 0.05) is 57.1 Å². The maximum Gasteiger partial charge on any atom is 0.225 e. The molecular weight excluding hydrogens is 376 g/mol. The number of nitrogens with one attached hydrogen (secondary N) is 1. The second-order valence-corrected chi connectivity index (χ2v) is 7.46. The second kappa shape index (κ2) is 9.66. The SMILES string of the molecule is CC(=O)NC(CC(=O)N1CCN(Cc2cccnc2)CC1)c1ccc(Cl)cc1. The average molecular weight is 401 g/mol. The number of carbonyl (C=O) groups excluding carboxylic acids is 2. The molecule has 1 fully saturated rings. The van der Waals surface area contributed by atoms with Crippen LogP contribution in [0, 0.1) is 0 Å². The predicted octanol–water partition coefficient (Wildman–Crippen LogP) is 2.65. The molecule has 2 amide bonds. The van der Waals surface area contributed by atoms with Gasteiger partial charge in [-0.05, 0) is 29.3 Å². The predicted molar refractivity (Wildman–Crippen MR) is 109 cm³/mol. The van der Waals surface area contributed by atoms with Crippen LogP contribution >= 0.6 is 11.6 Å². The number of aromatic nitrogens is 1. The zero-order chi connectivity index (χ0) is 19.9. The van der Waals surface area contributed by atoms with Crippen LogP contribution < -0.4 is 5.32 Å². The Morgan fingerprint density at radius 3 is 2.46 bits per heavy atom. The molecule has 0 saturated carbocycles. The molecular formula is C21H25ClN4O2. The van der Waals surface area contributed by atoms with Gasteiger partial charge in [0.05, 0.1) is 12.5 Å². The van der Waals surface area contributed by atoms with Gasteiger partial charge in [0.2, 0.25) is 11.8 Å². The molecule has 1 aliphatic rings. The second-order valence-electron chi connectivity index (χ2n) is 7.03. The number of pyridine rings is 1. The summed E-state index contributed by atoms with van der Waals surface area (Å²) < 4.78 is 0. The van der Waals surface area contributed by atoms with Crippen LogP contribution in [0.1, 0.15) is 30.5 Å². The molecule has 3 rings (SSSR count). The molecule has 1 aromatic heterocycles. The van der Waals surface area contributed by atoms with E-state index in [1.807, 2.05) is 29.3 Å². The Kier molecular flexibility index (Phi) is 7.01. The van der Waals surface area contributed by atoms with Crippen molar-refractivity contribution in [2.75, 3.05) is 26.2 Å². The molecule has 148 valence electrons. The minimum Gasteiger partial charge on any atom is -0.349 e. The molecule has 2 heterocycles. The Balaban J connectivity index is 1.55. The number of hydrogen-bond donors (Lipinski definition) is 1. The molecule has 1 aliphatic heterocycles. The van der Waals surface area contributed by atoms with Gasteiger partial charge in [0.1, 0.15) is 0 Å². The normalized spacial score (nSPS) is 15.9. The van der Waals surface area contributed by atoms with E-state index in [4.69, 9.17) is 11.6 Å². The number of nitrogens with zero attached hydrogens (tertiary/aromatic N) is 3. The summed E-state index contributed by atoms with van der Waals surface area (Å²) >= 11 is 5.95. The third-order valence-corrected chi connectivity index (χ3v) is 5.13. The molecule has 1 unspecified atom stereocenters. The quantitative estimate of drug-likeness (QED) is 0.809. The molecule has 6 nitrogen and oxygen atoms in total. The molecule has 0 radical (unpaired) electrons. The number of amides is 2. The summed E-state index contributed by atoms with van der Waals surface area (Å²) in [6, 6.07) is 10.9. The van der Waals surface area contributed by atoms with Crippen molar-refractivity contribution < 1.29 is 9.59 Å². The monoisotopic (exact) mass is 400 g/mol. The highest BCUT2D eigenvalue weighted by atomic mass is 35.5. The fraction of sp³-hybridized carbons (Fsp3) is 0.381. The Bertz CT molecular complexity index is 790. The Hall–Kier alpha value is -2.44. The number of benzene rings is 1. The van der Waals surface area contributed by atoms with Crippen LogP contribution in [0.25, 0.3) is 0 Å². The first-order chi connectivity index (χ1) is 13.5. The lowest BCUT2D eigenvalue weighted by molar-refractivity contribution is -0.133. The summed E-state index contributed by atoms with van der Waals surface area (Å²) in [6.45, 7) is 5.33. The summed E-state index contributed by atoms with van der Waals surface area (Å²) in [7, 11) is 0. The van der Waals surface area contributed by atoms with Crippen LogP contribution in [0.3, 0.4) is 0 Å². The van der Waals surface area contributed by atoms with Crippen molar-refractivity contribution in [1.29, 1.82) is 0 Å². The first kappa shape index (κ1) is 20.3. The lowest BCUT2D eigenvalue weighted by atomic mass is 10.0. The highest BCUT2D eigenvalue weighted by molar-refractivity contribution is 6.30. The average Bonchev–Trinajstić information content (AvgIpc) is 2.69.